The lowest BCUT2D eigenvalue weighted by molar-refractivity contribution is -0.125. The second kappa shape index (κ2) is 15.4. The molecule has 5 atom stereocenters. The second-order valence-corrected chi connectivity index (χ2v) is 15.2. The van der Waals surface area contributed by atoms with Crippen LogP contribution in [0.4, 0.5) is 4.39 Å². The van der Waals surface area contributed by atoms with Crippen molar-refractivity contribution in [1.82, 2.24) is 19.7 Å². The van der Waals surface area contributed by atoms with Gasteiger partial charge in [-0.2, -0.15) is 0 Å². The normalized spacial score (nSPS) is 30.8. The van der Waals surface area contributed by atoms with E-state index in [-0.39, 0.29) is 11.8 Å². The molecule has 2 aromatic rings. The lowest BCUT2D eigenvalue weighted by Gasteiger charge is -2.48. The van der Waals surface area contributed by atoms with Crippen LogP contribution in [0.2, 0.25) is 0 Å². The van der Waals surface area contributed by atoms with Gasteiger partial charge in [-0.05, 0) is 134 Å². The predicted molar refractivity (Wildman–Crippen MR) is 185 cm³/mol. The first kappa shape index (κ1) is 33.7. The van der Waals surface area contributed by atoms with Crippen LogP contribution in [0, 0.1) is 5.92 Å². The molecule has 3 fully saturated rings. The molecule has 6 rings (SSSR count). The summed E-state index contributed by atoms with van der Waals surface area (Å²) < 4.78 is 14.5. The Morgan fingerprint density at radius 3 is 2.67 bits per heavy atom. The number of likely N-dealkylation sites (N-methyl/N-ethyl adjacent to an activating group) is 1. The number of Topliss-reactive ketones (excluding diaryl/α,β-unsaturated/α-hetero) is 1. The minimum absolute atomic E-state index is 0.0175. The molecular formula is C39H58FN5O. The topological polar surface area (TPSA) is 65.7 Å². The molecule has 2 aliphatic carbocycles. The highest BCUT2D eigenvalue weighted by Crippen LogP contribution is 2.40. The fourth-order valence-electron chi connectivity index (χ4n) is 9.33. The molecule has 7 heteroatoms. The summed E-state index contributed by atoms with van der Waals surface area (Å²) in [6, 6.07) is 17.0. The number of aryl methyl sites for hydroxylation is 1. The van der Waals surface area contributed by atoms with Crippen LogP contribution in [0.3, 0.4) is 0 Å². The van der Waals surface area contributed by atoms with Gasteiger partial charge in [0.15, 0.2) is 0 Å². The number of ketones is 1. The molecule has 1 aromatic carbocycles. The first-order chi connectivity index (χ1) is 22.3. The summed E-state index contributed by atoms with van der Waals surface area (Å²) in [7, 11) is 2.34. The standard InChI is InChI=1S/C39H58FN5O/c1-39(40)20-17-30(18-21-39)37(46)26-32(29-10-4-3-5-11-29)19-25-45-33-15-16-34(45)36(43(2)27-33)28-44(24-7-6-22-41)35-14-8-12-31-13-9-23-42-38(31)35/h3-5,9-11,13,23,30,32-36H,6-8,12,14-22,24-28,41H2,1-2H3/t30?,32-,33+,34-,35?,36-,39?/m1/s1. The monoisotopic (exact) mass is 631 g/mol. The summed E-state index contributed by atoms with van der Waals surface area (Å²) in [6.07, 6.45) is 14.2. The van der Waals surface area contributed by atoms with E-state index in [9.17, 15) is 9.18 Å². The minimum atomic E-state index is -1.11. The summed E-state index contributed by atoms with van der Waals surface area (Å²) in [6.45, 7) is 6.71. The number of alkyl halides is 1. The summed E-state index contributed by atoms with van der Waals surface area (Å²) in [5, 5.41) is 0. The molecule has 2 aliphatic heterocycles. The Labute approximate surface area is 277 Å². The van der Waals surface area contributed by atoms with E-state index in [0.717, 1.165) is 58.4 Å². The lowest BCUT2D eigenvalue weighted by atomic mass is 9.76. The number of piperazine rings is 1. The molecule has 6 nitrogen and oxygen atoms in total. The molecule has 3 heterocycles. The van der Waals surface area contributed by atoms with Gasteiger partial charge in [-0.25, -0.2) is 4.39 Å². The van der Waals surface area contributed by atoms with Gasteiger partial charge >= 0.3 is 0 Å². The smallest absolute Gasteiger partial charge is 0.136 e. The third-order valence-corrected chi connectivity index (χ3v) is 12.1. The van der Waals surface area contributed by atoms with Gasteiger partial charge in [0.25, 0.3) is 0 Å². The van der Waals surface area contributed by atoms with Crippen LogP contribution in [-0.2, 0) is 11.2 Å². The van der Waals surface area contributed by atoms with Crippen molar-refractivity contribution in [2.75, 3.05) is 39.8 Å². The molecular weight excluding hydrogens is 573 g/mol. The number of pyridine rings is 1. The van der Waals surface area contributed by atoms with E-state index in [0.29, 0.717) is 62.1 Å². The number of rotatable bonds is 14. The Hall–Kier alpha value is -2.19. The number of halogens is 1. The molecule has 0 spiro atoms. The van der Waals surface area contributed by atoms with Crippen molar-refractivity contribution in [1.29, 1.82) is 0 Å². The number of nitrogens with zero attached hydrogens (tertiary/aromatic N) is 4. The fourth-order valence-corrected chi connectivity index (χ4v) is 9.33. The number of fused-ring (bicyclic) bond motifs is 3. The van der Waals surface area contributed by atoms with Gasteiger partial charge in [-0.15, -0.1) is 0 Å². The quantitative estimate of drug-likeness (QED) is 0.234. The molecule has 2 N–H and O–H groups in total. The van der Waals surface area contributed by atoms with E-state index in [1.165, 1.54) is 42.5 Å². The van der Waals surface area contributed by atoms with E-state index >= 15 is 0 Å². The Bertz CT molecular complexity index is 1260. The first-order valence-corrected chi connectivity index (χ1v) is 18.4. The SMILES string of the molecule is CN1C[C@@H]2CC[C@H]([C@H]1CN(CCCCN)C1CCCc3cccnc31)N2CC[C@H](CC(=O)C1CCC(C)(F)CC1)c1ccccc1. The molecule has 2 bridgehead atoms. The molecule has 1 saturated carbocycles. The van der Waals surface area contributed by atoms with E-state index in [1.807, 2.05) is 6.20 Å². The maximum atomic E-state index is 14.5. The number of hydrogen-bond donors (Lipinski definition) is 1. The maximum Gasteiger partial charge on any atom is 0.136 e. The van der Waals surface area contributed by atoms with Crippen LogP contribution >= 0.6 is 0 Å². The molecule has 0 radical (unpaired) electrons. The van der Waals surface area contributed by atoms with E-state index in [2.05, 4.69) is 64.2 Å². The van der Waals surface area contributed by atoms with Crippen LogP contribution in [0.15, 0.2) is 48.7 Å². The zero-order valence-electron chi connectivity index (χ0n) is 28.5. The molecule has 1 unspecified atom stereocenters. The van der Waals surface area contributed by atoms with Gasteiger partial charge in [-0.1, -0.05) is 36.4 Å². The van der Waals surface area contributed by atoms with Crippen molar-refractivity contribution in [3.8, 4) is 0 Å². The van der Waals surface area contributed by atoms with Crippen molar-refractivity contribution >= 4 is 5.78 Å². The number of hydrogen-bond acceptors (Lipinski definition) is 6. The van der Waals surface area contributed by atoms with Crippen molar-refractivity contribution in [3.63, 3.8) is 0 Å². The molecule has 252 valence electrons. The summed E-state index contributed by atoms with van der Waals surface area (Å²) in [5.74, 6) is 0.574. The van der Waals surface area contributed by atoms with Crippen LogP contribution in [-0.4, -0.2) is 89.0 Å². The fraction of sp³-hybridized carbons (Fsp3) is 0.692. The molecule has 2 saturated heterocycles. The highest BCUT2D eigenvalue weighted by molar-refractivity contribution is 5.82. The second-order valence-electron chi connectivity index (χ2n) is 15.2. The zero-order valence-corrected chi connectivity index (χ0v) is 28.5. The Balaban J connectivity index is 1.15. The van der Waals surface area contributed by atoms with Crippen LogP contribution < -0.4 is 5.73 Å². The van der Waals surface area contributed by atoms with Gasteiger partial charge in [-0.3, -0.25) is 24.5 Å². The van der Waals surface area contributed by atoms with E-state index < -0.39 is 5.67 Å². The number of carbonyl (C=O) groups excluding carboxylic acids is 1. The van der Waals surface area contributed by atoms with Crippen molar-refractivity contribution in [2.24, 2.45) is 11.7 Å². The highest BCUT2D eigenvalue weighted by Gasteiger charge is 2.46. The van der Waals surface area contributed by atoms with E-state index in [4.69, 9.17) is 10.7 Å². The van der Waals surface area contributed by atoms with E-state index in [1.54, 1.807) is 6.92 Å². The summed E-state index contributed by atoms with van der Waals surface area (Å²) in [5.41, 5.74) is 8.83. The Morgan fingerprint density at radius 1 is 1.09 bits per heavy atom. The maximum absolute atomic E-state index is 14.5. The predicted octanol–water partition coefficient (Wildman–Crippen LogP) is 6.70. The lowest BCUT2D eigenvalue weighted by Crippen LogP contribution is -2.61. The first-order valence-electron chi connectivity index (χ1n) is 18.4. The number of nitrogens with two attached hydrogens (primary N) is 1. The third-order valence-electron chi connectivity index (χ3n) is 12.1. The number of aromatic nitrogens is 1. The zero-order chi connectivity index (χ0) is 32.1. The van der Waals surface area contributed by atoms with Gasteiger partial charge in [0.1, 0.15) is 11.5 Å². The van der Waals surface area contributed by atoms with Crippen LogP contribution in [0.5, 0.6) is 0 Å². The van der Waals surface area contributed by atoms with Gasteiger partial charge in [0.05, 0.1) is 11.7 Å². The van der Waals surface area contributed by atoms with Gasteiger partial charge < -0.3 is 5.73 Å². The van der Waals surface area contributed by atoms with Crippen molar-refractivity contribution < 1.29 is 9.18 Å². The number of unbranched alkanes of at least 4 members (excludes halogenated alkanes) is 1. The average molecular weight is 632 g/mol. The number of likely N-dealkylation sites (tertiary alicyclic amines) is 1. The van der Waals surface area contributed by atoms with Crippen molar-refractivity contribution in [2.45, 2.75) is 126 Å². The van der Waals surface area contributed by atoms with Gasteiger partial charge in [0, 0.05) is 49.8 Å². The molecule has 46 heavy (non-hydrogen) atoms. The third kappa shape index (κ3) is 7.91. The molecule has 0 amide bonds. The minimum Gasteiger partial charge on any atom is -0.330 e. The summed E-state index contributed by atoms with van der Waals surface area (Å²) >= 11 is 0. The summed E-state index contributed by atoms with van der Waals surface area (Å²) in [4.78, 5) is 26.8. The average Bonchev–Trinajstić information content (AvgIpc) is 3.37. The van der Waals surface area contributed by atoms with Crippen LogP contribution in [0.1, 0.15) is 113 Å². The largest absolute Gasteiger partial charge is 0.330 e. The van der Waals surface area contributed by atoms with Crippen LogP contribution in [0.25, 0.3) is 0 Å². The molecule has 4 aliphatic rings. The number of benzene rings is 1. The van der Waals surface area contributed by atoms with Gasteiger partial charge in [0.2, 0.25) is 0 Å². The van der Waals surface area contributed by atoms with Crippen molar-refractivity contribution in [3.05, 3.63) is 65.5 Å². The molecule has 1 aromatic heterocycles. The Kier molecular flexibility index (Phi) is 11.3. The Morgan fingerprint density at radius 2 is 1.89 bits per heavy atom. The number of carbonyl (C=O) groups is 1. The highest BCUT2D eigenvalue weighted by atomic mass is 19.1.